The highest BCUT2D eigenvalue weighted by Crippen LogP contribution is 2.32. The molecule has 7 nitrogen and oxygen atoms in total. The topological polar surface area (TPSA) is 79.8 Å². The highest BCUT2D eigenvalue weighted by molar-refractivity contribution is 5.79. The summed E-state index contributed by atoms with van der Waals surface area (Å²) >= 11 is 0. The quantitative estimate of drug-likeness (QED) is 0.371. The summed E-state index contributed by atoms with van der Waals surface area (Å²) in [7, 11) is 1.68. The highest BCUT2D eigenvalue weighted by Gasteiger charge is 2.30. The summed E-state index contributed by atoms with van der Waals surface area (Å²) in [6.07, 6.45) is -2.82. The first-order valence-corrected chi connectivity index (χ1v) is 9.06. The summed E-state index contributed by atoms with van der Waals surface area (Å²) in [5, 5.41) is 9.38. The average Bonchev–Trinajstić information content (AvgIpc) is 3.17. The van der Waals surface area contributed by atoms with Crippen LogP contribution in [0.15, 0.2) is 41.5 Å². The van der Waals surface area contributed by atoms with Gasteiger partial charge in [0.15, 0.2) is 17.5 Å². The number of ether oxygens (including phenoxy) is 2. The SMILES string of the molecule is CN=C(NCCCNc1ccc(C(F)(F)F)cn1)NCc1ccc2c(c1)OCO2. The summed E-state index contributed by atoms with van der Waals surface area (Å²) in [6.45, 7) is 2.01. The van der Waals surface area contributed by atoms with E-state index in [1.54, 1.807) is 7.05 Å². The number of anilines is 1. The summed E-state index contributed by atoms with van der Waals surface area (Å²) in [5.41, 5.74) is 0.272. The smallest absolute Gasteiger partial charge is 0.417 e. The molecule has 1 aromatic carbocycles. The molecule has 2 heterocycles. The van der Waals surface area contributed by atoms with Crippen LogP contribution in [0, 0.1) is 0 Å². The molecule has 0 unspecified atom stereocenters. The summed E-state index contributed by atoms with van der Waals surface area (Å²) in [6, 6.07) is 8.08. The highest BCUT2D eigenvalue weighted by atomic mass is 19.4. The molecular weight excluding hydrogens is 387 g/mol. The Morgan fingerprint density at radius 3 is 2.66 bits per heavy atom. The van der Waals surface area contributed by atoms with Crippen LogP contribution < -0.4 is 25.4 Å². The molecule has 0 amide bonds. The van der Waals surface area contributed by atoms with Crippen LogP contribution in [0.25, 0.3) is 0 Å². The summed E-state index contributed by atoms with van der Waals surface area (Å²) < 4.78 is 48.2. The summed E-state index contributed by atoms with van der Waals surface area (Å²) in [4.78, 5) is 7.94. The van der Waals surface area contributed by atoms with Crippen molar-refractivity contribution in [1.82, 2.24) is 15.6 Å². The lowest BCUT2D eigenvalue weighted by atomic mass is 10.2. The molecular formula is C19H22F3N5O2. The van der Waals surface area contributed by atoms with Gasteiger partial charge in [-0.05, 0) is 36.2 Å². The maximum Gasteiger partial charge on any atom is 0.417 e. The van der Waals surface area contributed by atoms with E-state index in [0.717, 1.165) is 35.7 Å². The molecule has 10 heteroatoms. The Bertz CT molecular complexity index is 841. The normalized spacial score (nSPS) is 13.3. The number of aliphatic imine (C=N–C) groups is 1. The lowest BCUT2D eigenvalue weighted by Gasteiger charge is -2.13. The van der Waals surface area contributed by atoms with Gasteiger partial charge >= 0.3 is 6.18 Å². The largest absolute Gasteiger partial charge is 0.454 e. The fraction of sp³-hybridized carbons (Fsp3) is 0.368. The number of halogens is 3. The van der Waals surface area contributed by atoms with E-state index in [4.69, 9.17) is 9.47 Å². The van der Waals surface area contributed by atoms with Gasteiger partial charge in [-0.15, -0.1) is 0 Å². The van der Waals surface area contributed by atoms with E-state index in [1.165, 1.54) is 6.07 Å². The minimum atomic E-state index is -4.38. The lowest BCUT2D eigenvalue weighted by molar-refractivity contribution is -0.137. The Kier molecular flexibility index (Phi) is 6.63. The van der Waals surface area contributed by atoms with Crippen molar-refractivity contribution in [3.8, 4) is 11.5 Å². The zero-order valence-corrected chi connectivity index (χ0v) is 15.8. The Balaban J connectivity index is 1.35. The van der Waals surface area contributed by atoms with Crippen molar-refractivity contribution in [3.05, 3.63) is 47.7 Å². The van der Waals surface area contributed by atoms with Crippen molar-refractivity contribution in [2.45, 2.75) is 19.1 Å². The number of nitrogens with zero attached hydrogens (tertiary/aromatic N) is 2. The Morgan fingerprint density at radius 1 is 1.10 bits per heavy atom. The van der Waals surface area contributed by atoms with Crippen LogP contribution in [0.5, 0.6) is 11.5 Å². The van der Waals surface area contributed by atoms with Gasteiger partial charge in [0.25, 0.3) is 0 Å². The van der Waals surface area contributed by atoms with Gasteiger partial charge < -0.3 is 25.4 Å². The number of hydrogen-bond acceptors (Lipinski definition) is 5. The van der Waals surface area contributed by atoms with Gasteiger partial charge in [-0.3, -0.25) is 4.99 Å². The molecule has 0 fully saturated rings. The lowest BCUT2D eigenvalue weighted by Crippen LogP contribution is -2.37. The Morgan fingerprint density at radius 2 is 1.93 bits per heavy atom. The van der Waals surface area contributed by atoms with Crippen LogP contribution in [0.3, 0.4) is 0 Å². The molecule has 1 aliphatic heterocycles. The van der Waals surface area contributed by atoms with Crippen molar-refractivity contribution in [2.24, 2.45) is 4.99 Å². The molecule has 0 spiro atoms. The van der Waals surface area contributed by atoms with E-state index in [1.807, 2.05) is 18.2 Å². The van der Waals surface area contributed by atoms with E-state index in [9.17, 15) is 13.2 Å². The first-order chi connectivity index (χ1) is 14.0. The molecule has 0 aliphatic carbocycles. The van der Waals surface area contributed by atoms with Gasteiger partial charge in [0.2, 0.25) is 6.79 Å². The second-order valence-electron chi connectivity index (χ2n) is 6.25. The molecule has 29 heavy (non-hydrogen) atoms. The van der Waals surface area contributed by atoms with Gasteiger partial charge in [-0.2, -0.15) is 13.2 Å². The maximum absolute atomic E-state index is 12.5. The van der Waals surface area contributed by atoms with Crippen LogP contribution in [0.2, 0.25) is 0 Å². The third kappa shape index (κ3) is 5.90. The molecule has 0 bridgehead atoms. The molecule has 0 radical (unpaired) electrons. The molecule has 0 saturated heterocycles. The van der Waals surface area contributed by atoms with Gasteiger partial charge in [0.05, 0.1) is 5.56 Å². The number of fused-ring (bicyclic) bond motifs is 1. The predicted molar refractivity (Wildman–Crippen MR) is 103 cm³/mol. The number of hydrogen-bond donors (Lipinski definition) is 3. The predicted octanol–water partition coefficient (Wildman–Crippen LogP) is 3.00. The number of aromatic nitrogens is 1. The van der Waals surface area contributed by atoms with Crippen LogP contribution in [-0.2, 0) is 12.7 Å². The monoisotopic (exact) mass is 409 g/mol. The zero-order valence-electron chi connectivity index (χ0n) is 15.8. The van der Waals surface area contributed by atoms with Crippen molar-refractivity contribution in [1.29, 1.82) is 0 Å². The maximum atomic E-state index is 12.5. The van der Waals surface area contributed by atoms with E-state index < -0.39 is 11.7 Å². The van der Waals surface area contributed by atoms with Crippen LogP contribution >= 0.6 is 0 Å². The minimum absolute atomic E-state index is 0.242. The minimum Gasteiger partial charge on any atom is -0.454 e. The standard InChI is InChI=1S/C19H22F3N5O2/c1-23-18(27-10-13-3-5-15-16(9-13)29-12-28-15)25-8-2-7-24-17-6-4-14(11-26-17)19(20,21)22/h3-6,9,11H,2,7-8,10,12H2,1H3,(H,24,26)(H2,23,25,27). The van der Waals surface area contributed by atoms with Crippen LogP contribution in [-0.4, -0.2) is 37.9 Å². The zero-order chi connectivity index (χ0) is 20.7. The van der Waals surface area contributed by atoms with Crippen LogP contribution in [0.4, 0.5) is 19.0 Å². The molecule has 2 aromatic rings. The Hall–Kier alpha value is -3.17. The molecule has 0 saturated carbocycles. The fourth-order valence-corrected chi connectivity index (χ4v) is 2.64. The van der Waals surface area contributed by atoms with Crippen molar-refractivity contribution < 1.29 is 22.6 Å². The molecule has 3 N–H and O–H groups in total. The van der Waals surface area contributed by atoms with E-state index in [0.29, 0.717) is 31.4 Å². The number of guanidine groups is 1. The third-order valence-corrected chi connectivity index (χ3v) is 4.16. The van der Waals surface area contributed by atoms with Gasteiger partial charge in [-0.25, -0.2) is 4.98 Å². The van der Waals surface area contributed by atoms with E-state index in [-0.39, 0.29) is 6.79 Å². The Labute approximate surface area is 166 Å². The number of rotatable bonds is 7. The van der Waals surface area contributed by atoms with Gasteiger partial charge in [0.1, 0.15) is 5.82 Å². The number of nitrogens with one attached hydrogen (secondary N) is 3. The molecule has 1 aliphatic rings. The van der Waals surface area contributed by atoms with Crippen LogP contribution in [0.1, 0.15) is 17.5 Å². The van der Waals surface area contributed by atoms with E-state index in [2.05, 4.69) is 25.9 Å². The number of pyridine rings is 1. The molecule has 3 rings (SSSR count). The third-order valence-electron chi connectivity index (χ3n) is 4.16. The second-order valence-corrected chi connectivity index (χ2v) is 6.25. The van der Waals surface area contributed by atoms with Gasteiger partial charge in [0, 0.05) is 32.9 Å². The molecule has 156 valence electrons. The van der Waals surface area contributed by atoms with Crippen molar-refractivity contribution >= 4 is 11.8 Å². The van der Waals surface area contributed by atoms with Gasteiger partial charge in [-0.1, -0.05) is 6.07 Å². The number of benzene rings is 1. The molecule has 1 aromatic heterocycles. The van der Waals surface area contributed by atoms with Crippen molar-refractivity contribution in [2.75, 3.05) is 32.2 Å². The van der Waals surface area contributed by atoms with E-state index >= 15 is 0 Å². The average molecular weight is 409 g/mol. The molecule has 0 atom stereocenters. The summed E-state index contributed by atoms with van der Waals surface area (Å²) in [5.74, 6) is 2.53. The first-order valence-electron chi connectivity index (χ1n) is 9.06. The van der Waals surface area contributed by atoms with Crippen molar-refractivity contribution in [3.63, 3.8) is 0 Å². The number of alkyl halides is 3. The second kappa shape index (κ2) is 9.35. The first kappa shape index (κ1) is 20.6. The fourth-order valence-electron chi connectivity index (χ4n) is 2.64.